The lowest BCUT2D eigenvalue weighted by Gasteiger charge is -2.14. The zero-order chi connectivity index (χ0) is 14.9. The van der Waals surface area contributed by atoms with Crippen LogP contribution in [0.3, 0.4) is 0 Å². The highest BCUT2D eigenvalue weighted by molar-refractivity contribution is 5.38. The van der Waals surface area contributed by atoms with E-state index in [9.17, 15) is 5.11 Å². The lowest BCUT2D eigenvalue weighted by molar-refractivity contribution is 0.170. The second-order valence-corrected chi connectivity index (χ2v) is 6.03. The fraction of sp³-hybridized carbons (Fsp3) is 0.579. The van der Waals surface area contributed by atoms with E-state index in [1.54, 1.807) is 0 Å². The van der Waals surface area contributed by atoms with Gasteiger partial charge in [0.25, 0.3) is 0 Å². The summed E-state index contributed by atoms with van der Waals surface area (Å²) >= 11 is 0. The molecule has 1 aromatic rings. The van der Waals surface area contributed by atoms with Crippen LogP contribution in [0.1, 0.15) is 68.6 Å². The average Bonchev–Trinajstić information content (AvgIpc) is 2.47. The van der Waals surface area contributed by atoms with Crippen molar-refractivity contribution >= 4 is 0 Å². The van der Waals surface area contributed by atoms with E-state index in [2.05, 4.69) is 11.8 Å². The minimum Gasteiger partial charge on any atom is -0.388 e. The molecule has 0 spiro atoms. The van der Waals surface area contributed by atoms with E-state index in [0.29, 0.717) is 18.9 Å². The van der Waals surface area contributed by atoms with Gasteiger partial charge in [0, 0.05) is 11.5 Å². The molecule has 0 radical (unpaired) electrons. The molecule has 1 aliphatic carbocycles. The van der Waals surface area contributed by atoms with Crippen molar-refractivity contribution in [3.8, 4) is 11.8 Å². The van der Waals surface area contributed by atoms with E-state index in [0.717, 1.165) is 11.1 Å². The first-order valence-electron chi connectivity index (χ1n) is 8.29. The van der Waals surface area contributed by atoms with Crippen molar-refractivity contribution in [2.45, 2.75) is 57.5 Å². The number of rotatable bonds is 3. The number of hydrogen-bond acceptors (Lipinski definition) is 2. The highest BCUT2D eigenvalue weighted by Crippen LogP contribution is 2.22. The molecule has 2 heteroatoms. The van der Waals surface area contributed by atoms with Gasteiger partial charge >= 0.3 is 0 Å². The Labute approximate surface area is 128 Å². The van der Waals surface area contributed by atoms with Crippen LogP contribution in [0.15, 0.2) is 24.3 Å². The largest absolute Gasteiger partial charge is 0.388 e. The van der Waals surface area contributed by atoms with Crippen LogP contribution in [0, 0.1) is 17.8 Å². The van der Waals surface area contributed by atoms with E-state index in [-0.39, 0.29) is 0 Å². The molecule has 2 rings (SSSR count). The lowest BCUT2D eigenvalue weighted by Crippen LogP contribution is -2.06. The standard InChI is InChI=1S/C19H27NO/c20-14-13-19(21)18-10-6-9-17(15-18)12-11-16-7-4-2-1-3-5-8-16/h6,9-10,15-16,19,21H,1-5,7-8,13-14,20H2. The second-order valence-electron chi connectivity index (χ2n) is 6.03. The van der Waals surface area contributed by atoms with E-state index in [1.165, 1.54) is 44.9 Å². The van der Waals surface area contributed by atoms with Crippen molar-refractivity contribution < 1.29 is 5.11 Å². The third-order valence-electron chi connectivity index (χ3n) is 4.24. The van der Waals surface area contributed by atoms with Gasteiger partial charge in [-0.1, -0.05) is 56.1 Å². The molecule has 114 valence electrons. The molecule has 0 amide bonds. The Morgan fingerprint density at radius 2 is 1.86 bits per heavy atom. The van der Waals surface area contributed by atoms with Gasteiger partial charge in [0.1, 0.15) is 0 Å². The Morgan fingerprint density at radius 1 is 1.14 bits per heavy atom. The first-order chi connectivity index (χ1) is 10.3. The summed E-state index contributed by atoms with van der Waals surface area (Å²) in [6, 6.07) is 7.93. The first-order valence-corrected chi connectivity index (χ1v) is 8.29. The van der Waals surface area contributed by atoms with E-state index >= 15 is 0 Å². The van der Waals surface area contributed by atoms with E-state index in [1.807, 2.05) is 24.3 Å². The smallest absolute Gasteiger partial charge is 0.0802 e. The molecule has 0 bridgehead atoms. The van der Waals surface area contributed by atoms with Gasteiger partial charge in [-0.15, -0.1) is 0 Å². The minimum absolute atomic E-state index is 0.474. The zero-order valence-corrected chi connectivity index (χ0v) is 12.9. The molecular weight excluding hydrogens is 258 g/mol. The van der Waals surface area contributed by atoms with Crippen LogP contribution in [0.2, 0.25) is 0 Å². The molecule has 1 saturated carbocycles. The van der Waals surface area contributed by atoms with Crippen LogP contribution in [0.25, 0.3) is 0 Å². The van der Waals surface area contributed by atoms with Gasteiger partial charge in [-0.05, 0) is 43.5 Å². The Morgan fingerprint density at radius 3 is 2.57 bits per heavy atom. The van der Waals surface area contributed by atoms with Crippen LogP contribution in [0.4, 0.5) is 0 Å². The molecule has 0 saturated heterocycles. The Kier molecular flexibility index (Phi) is 6.79. The molecule has 1 fully saturated rings. The van der Waals surface area contributed by atoms with Gasteiger partial charge in [0.2, 0.25) is 0 Å². The van der Waals surface area contributed by atoms with Crippen molar-refractivity contribution in [1.82, 2.24) is 0 Å². The van der Waals surface area contributed by atoms with Crippen LogP contribution in [0.5, 0.6) is 0 Å². The number of nitrogens with two attached hydrogens (primary N) is 1. The van der Waals surface area contributed by atoms with E-state index in [4.69, 9.17) is 5.73 Å². The normalized spacial score (nSPS) is 18.2. The van der Waals surface area contributed by atoms with Gasteiger partial charge in [0.15, 0.2) is 0 Å². The minimum atomic E-state index is -0.474. The van der Waals surface area contributed by atoms with E-state index < -0.39 is 6.10 Å². The molecule has 3 N–H and O–H groups in total. The van der Waals surface area contributed by atoms with Crippen molar-refractivity contribution in [1.29, 1.82) is 0 Å². The van der Waals surface area contributed by atoms with Crippen molar-refractivity contribution in [3.63, 3.8) is 0 Å². The maximum atomic E-state index is 10.0. The fourth-order valence-electron chi connectivity index (χ4n) is 2.93. The van der Waals surface area contributed by atoms with Crippen molar-refractivity contribution in [3.05, 3.63) is 35.4 Å². The zero-order valence-electron chi connectivity index (χ0n) is 12.9. The summed E-state index contributed by atoms with van der Waals surface area (Å²) in [5, 5.41) is 10.0. The molecule has 1 unspecified atom stereocenters. The molecule has 1 aromatic carbocycles. The van der Waals surface area contributed by atoms with Crippen LogP contribution < -0.4 is 5.73 Å². The Bertz CT molecular complexity index is 478. The fourth-order valence-corrected chi connectivity index (χ4v) is 2.93. The summed E-state index contributed by atoms with van der Waals surface area (Å²) in [6.07, 6.45) is 9.34. The molecular formula is C19H27NO. The summed E-state index contributed by atoms with van der Waals surface area (Å²) in [5.74, 6) is 7.30. The van der Waals surface area contributed by atoms with Crippen LogP contribution in [-0.4, -0.2) is 11.7 Å². The van der Waals surface area contributed by atoms with Gasteiger partial charge in [-0.25, -0.2) is 0 Å². The number of benzene rings is 1. The summed E-state index contributed by atoms with van der Waals surface area (Å²) in [5.41, 5.74) is 7.43. The summed E-state index contributed by atoms with van der Waals surface area (Å²) in [6.45, 7) is 0.499. The summed E-state index contributed by atoms with van der Waals surface area (Å²) < 4.78 is 0. The summed E-state index contributed by atoms with van der Waals surface area (Å²) in [4.78, 5) is 0. The quantitative estimate of drug-likeness (QED) is 0.830. The van der Waals surface area contributed by atoms with Crippen molar-refractivity contribution in [2.24, 2.45) is 11.7 Å². The molecule has 0 aromatic heterocycles. The molecule has 1 aliphatic rings. The predicted octanol–water partition coefficient (Wildman–Crippen LogP) is 3.78. The van der Waals surface area contributed by atoms with Gasteiger partial charge in [-0.2, -0.15) is 0 Å². The highest BCUT2D eigenvalue weighted by Gasteiger charge is 2.09. The first kappa shape index (κ1) is 16.1. The maximum Gasteiger partial charge on any atom is 0.0802 e. The Balaban J connectivity index is 2.01. The highest BCUT2D eigenvalue weighted by atomic mass is 16.3. The number of aliphatic hydroxyl groups excluding tert-OH is 1. The van der Waals surface area contributed by atoms with Gasteiger partial charge < -0.3 is 10.8 Å². The molecule has 0 heterocycles. The molecule has 0 aliphatic heterocycles. The topological polar surface area (TPSA) is 46.2 Å². The molecule has 2 nitrogen and oxygen atoms in total. The Hall–Kier alpha value is -1.30. The predicted molar refractivity (Wildman–Crippen MR) is 87.8 cm³/mol. The SMILES string of the molecule is NCCC(O)c1cccc(C#CC2CCCCCCC2)c1. The average molecular weight is 285 g/mol. The third kappa shape index (κ3) is 5.53. The third-order valence-corrected chi connectivity index (χ3v) is 4.24. The molecule has 21 heavy (non-hydrogen) atoms. The maximum absolute atomic E-state index is 10.0. The van der Waals surface area contributed by atoms with Gasteiger partial charge in [-0.3, -0.25) is 0 Å². The van der Waals surface area contributed by atoms with Crippen LogP contribution in [-0.2, 0) is 0 Å². The summed E-state index contributed by atoms with van der Waals surface area (Å²) in [7, 11) is 0. The molecule has 1 atom stereocenters. The second kappa shape index (κ2) is 8.87. The van der Waals surface area contributed by atoms with Crippen molar-refractivity contribution in [2.75, 3.05) is 6.54 Å². The van der Waals surface area contributed by atoms with Crippen LogP contribution >= 0.6 is 0 Å². The monoisotopic (exact) mass is 285 g/mol. The lowest BCUT2D eigenvalue weighted by atomic mass is 9.91. The number of aliphatic hydroxyl groups is 1. The van der Waals surface area contributed by atoms with Gasteiger partial charge in [0.05, 0.1) is 6.10 Å². The number of hydrogen-bond donors (Lipinski definition) is 2.